The van der Waals surface area contributed by atoms with Gasteiger partial charge in [0.15, 0.2) is 11.6 Å². The molecule has 0 bridgehead atoms. The standard InChI is InChI=1S/C20H26N2O3/c1-4-7-15(6-3)20(23)25-17-10-8-16(9-11-17)19-21-13-18(14-22-19)24-12-5-2/h8-11,13-15H,4-7,12H2,1-3H3. The summed E-state index contributed by atoms with van der Waals surface area (Å²) in [5.74, 6) is 1.62. The molecule has 0 radical (unpaired) electrons. The van der Waals surface area contributed by atoms with Crippen molar-refractivity contribution in [2.45, 2.75) is 46.5 Å². The summed E-state index contributed by atoms with van der Waals surface area (Å²) in [5, 5.41) is 0. The molecule has 1 atom stereocenters. The Morgan fingerprint density at radius 3 is 2.24 bits per heavy atom. The summed E-state index contributed by atoms with van der Waals surface area (Å²) < 4.78 is 11.0. The number of esters is 1. The van der Waals surface area contributed by atoms with Crippen molar-refractivity contribution in [2.75, 3.05) is 6.61 Å². The quantitative estimate of drug-likeness (QED) is 0.490. The number of ether oxygens (including phenoxy) is 2. The van der Waals surface area contributed by atoms with Gasteiger partial charge in [0.2, 0.25) is 0 Å². The molecule has 25 heavy (non-hydrogen) atoms. The van der Waals surface area contributed by atoms with Crippen LogP contribution in [-0.2, 0) is 4.79 Å². The molecule has 134 valence electrons. The third-order valence-corrected chi connectivity index (χ3v) is 3.90. The number of carbonyl (C=O) groups is 1. The molecule has 2 aromatic rings. The zero-order chi connectivity index (χ0) is 18.1. The number of rotatable bonds is 9. The molecular formula is C20H26N2O3. The van der Waals surface area contributed by atoms with E-state index in [1.807, 2.05) is 19.1 Å². The maximum absolute atomic E-state index is 12.2. The van der Waals surface area contributed by atoms with E-state index in [1.165, 1.54) is 0 Å². The average molecular weight is 342 g/mol. The van der Waals surface area contributed by atoms with Gasteiger partial charge in [-0.15, -0.1) is 0 Å². The topological polar surface area (TPSA) is 61.3 Å². The number of carbonyl (C=O) groups excluding carboxylic acids is 1. The molecule has 0 saturated heterocycles. The van der Waals surface area contributed by atoms with Gasteiger partial charge in [-0.25, -0.2) is 9.97 Å². The van der Waals surface area contributed by atoms with Crippen molar-refractivity contribution >= 4 is 5.97 Å². The Bertz CT molecular complexity index is 654. The van der Waals surface area contributed by atoms with Gasteiger partial charge in [-0.2, -0.15) is 0 Å². The van der Waals surface area contributed by atoms with E-state index in [9.17, 15) is 4.79 Å². The third kappa shape index (κ3) is 5.55. The van der Waals surface area contributed by atoms with Crippen molar-refractivity contribution < 1.29 is 14.3 Å². The van der Waals surface area contributed by atoms with E-state index in [2.05, 4.69) is 23.8 Å². The Balaban J connectivity index is 2.00. The minimum atomic E-state index is -0.161. The summed E-state index contributed by atoms with van der Waals surface area (Å²) in [6.07, 6.45) is 6.91. The SMILES string of the molecule is CCCOc1cnc(-c2ccc(OC(=O)C(CC)CCC)cc2)nc1. The van der Waals surface area contributed by atoms with Crippen molar-refractivity contribution in [3.8, 4) is 22.9 Å². The second-order valence-corrected chi connectivity index (χ2v) is 5.93. The van der Waals surface area contributed by atoms with E-state index in [0.29, 0.717) is 23.9 Å². The van der Waals surface area contributed by atoms with Gasteiger partial charge >= 0.3 is 5.97 Å². The molecule has 0 aliphatic rings. The fraction of sp³-hybridized carbons (Fsp3) is 0.450. The van der Waals surface area contributed by atoms with Crippen LogP contribution >= 0.6 is 0 Å². The molecule has 5 heteroatoms. The van der Waals surface area contributed by atoms with E-state index in [1.54, 1.807) is 24.5 Å². The summed E-state index contributed by atoms with van der Waals surface area (Å²) in [7, 11) is 0. The lowest BCUT2D eigenvalue weighted by Crippen LogP contribution is -2.19. The lowest BCUT2D eigenvalue weighted by atomic mass is 10.0. The van der Waals surface area contributed by atoms with Crippen LogP contribution in [0, 0.1) is 5.92 Å². The highest BCUT2D eigenvalue weighted by Crippen LogP contribution is 2.22. The van der Waals surface area contributed by atoms with Crippen LogP contribution in [0.3, 0.4) is 0 Å². The lowest BCUT2D eigenvalue weighted by molar-refractivity contribution is -0.139. The molecule has 1 heterocycles. The largest absolute Gasteiger partial charge is 0.490 e. The van der Waals surface area contributed by atoms with Crippen LogP contribution in [0.2, 0.25) is 0 Å². The van der Waals surface area contributed by atoms with Crippen LogP contribution in [0.5, 0.6) is 11.5 Å². The smallest absolute Gasteiger partial charge is 0.314 e. The number of hydrogen-bond acceptors (Lipinski definition) is 5. The van der Waals surface area contributed by atoms with E-state index < -0.39 is 0 Å². The molecule has 0 saturated carbocycles. The fourth-order valence-corrected chi connectivity index (χ4v) is 2.47. The van der Waals surface area contributed by atoms with Gasteiger partial charge in [0, 0.05) is 5.56 Å². The predicted octanol–water partition coefficient (Wildman–Crippen LogP) is 4.66. The summed E-state index contributed by atoms with van der Waals surface area (Å²) in [5.41, 5.74) is 0.863. The van der Waals surface area contributed by atoms with Gasteiger partial charge in [-0.1, -0.05) is 27.2 Å². The highest BCUT2D eigenvalue weighted by molar-refractivity contribution is 5.75. The first kappa shape index (κ1) is 18.9. The highest BCUT2D eigenvalue weighted by atomic mass is 16.5. The van der Waals surface area contributed by atoms with Crippen LogP contribution in [0.4, 0.5) is 0 Å². The van der Waals surface area contributed by atoms with E-state index in [4.69, 9.17) is 9.47 Å². The van der Waals surface area contributed by atoms with Gasteiger partial charge in [0.05, 0.1) is 24.9 Å². The van der Waals surface area contributed by atoms with Crippen LogP contribution in [-0.4, -0.2) is 22.5 Å². The van der Waals surface area contributed by atoms with Crippen molar-refractivity contribution in [1.29, 1.82) is 0 Å². The van der Waals surface area contributed by atoms with Gasteiger partial charge in [-0.3, -0.25) is 4.79 Å². The average Bonchev–Trinajstić information content (AvgIpc) is 2.65. The number of aromatic nitrogens is 2. The zero-order valence-electron chi connectivity index (χ0n) is 15.2. The van der Waals surface area contributed by atoms with Crippen LogP contribution in [0.15, 0.2) is 36.7 Å². The minimum Gasteiger partial charge on any atom is -0.490 e. The van der Waals surface area contributed by atoms with Crippen molar-refractivity contribution in [3.05, 3.63) is 36.7 Å². The van der Waals surface area contributed by atoms with Crippen LogP contribution < -0.4 is 9.47 Å². The second kappa shape index (κ2) is 9.77. The summed E-state index contributed by atoms with van der Waals surface area (Å²) in [6.45, 7) is 6.79. The van der Waals surface area contributed by atoms with Crippen LogP contribution in [0.25, 0.3) is 11.4 Å². The molecule has 1 aromatic carbocycles. The first-order chi connectivity index (χ1) is 12.2. The molecule has 0 aliphatic carbocycles. The van der Waals surface area contributed by atoms with Crippen molar-refractivity contribution in [2.24, 2.45) is 5.92 Å². The number of nitrogens with zero attached hydrogens (tertiary/aromatic N) is 2. The Kier molecular flexibility index (Phi) is 7.38. The number of hydrogen-bond donors (Lipinski definition) is 0. The van der Waals surface area contributed by atoms with E-state index in [-0.39, 0.29) is 11.9 Å². The monoisotopic (exact) mass is 342 g/mol. The summed E-state index contributed by atoms with van der Waals surface area (Å²) >= 11 is 0. The molecule has 1 unspecified atom stereocenters. The van der Waals surface area contributed by atoms with Gasteiger partial charge in [-0.05, 0) is 43.5 Å². The first-order valence-electron chi connectivity index (χ1n) is 8.94. The van der Waals surface area contributed by atoms with Crippen molar-refractivity contribution in [1.82, 2.24) is 9.97 Å². The van der Waals surface area contributed by atoms with E-state index in [0.717, 1.165) is 31.2 Å². The molecule has 5 nitrogen and oxygen atoms in total. The normalized spacial score (nSPS) is 11.8. The molecule has 1 aromatic heterocycles. The molecule has 0 N–H and O–H groups in total. The van der Waals surface area contributed by atoms with Gasteiger partial charge < -0.3 is 9.47 Å². The zero-order valence-corrected chi connectivity index (χ0v) is 15.2. The molecule has 0 spiro atoms. The Labute approximate surface area is 149 Å². The molecule has 0 aliphatic heterocycles. The van der Waals surface area contributed by atoms with E-state index >= 15 is 0 Å². The third-order valence-electron chi connectivity index (χ3n) is 3.90. The molecule has 0 fully saturated rings. The molecule has 0 amide bonds. The van der Waals surface area contributed by atoms with Crippen LogP contribution in [0.1, 0.15) is 46.5 Å². The Morgan fingerprint density at radius 1 is 1.00 bits per heavy atom. The lowest BCUT2D eigenvalue weighted by Gasteiger charge is -2.13. The maximum atomic E-state index is 12.2. The first-order valence-corrected chi connectivity index (χ1v) is 8.94. The predicted molar refractivity (Wildman–Crippen MR) is 97.6 cm³/mol. The highest BCUT2D eigenvalue weighted by Gasteiger charge is 2.17. The van der Waals surface area contributed by atoms with Gasteiger partial charge in [0.1, 0.15) is 5.75 Å². The van der Waals surface area contributed by atoms with Crippen molar-refractivity contribution in [3.63, 3.8) is 0 Å². The second-order valence-electron chi connectivity index (χ2n) is 5.93. The summed E-state index contributed by atoms with van der Waals surface area (Å²) in [6, 6.07) is 7.25. The summed E-state index contributed by atoms with van der Waals surface area (Å²) in [4.78, 5) is 20.8. The molecular weight excluding hydrogens is 316 g/mol. The van der Waals surface area contributed by atoms with Gasteiger partial charge in [0.25, 0.3) is 0 Å². The fourth-order valence-electron chi connectivity index (χ4n) is 2.47. The minimum absolute atomic E-state index is 0.0383. The Morgan fingerprint density at radius 2 is 1.68 bits per heavy atom. The molecule has 2 rings (SSSR count). The number of benzene rings is 1. The Hall–Kier alpha value is -2.43. The maximum Gasteiger partial charge on any atom is 0.314 e.